The van der Waals surface area contributed by atoms with Crippen molar-refractivity contribution < 1.29 is 9.59 Å². The van der Waals surface area contributed by atoms with Crippen LogP contribution >= 0.6 is 0 Å². The maximum Gasteiger partial charge on any atom is 0.252 e. The molecular weight excluding hydrogens is 302 g/mol. The molecule has 3 aromatic rings. The maximum absolute atomic E-state index is 12.4. The molecular formula is C19H17N3O2. The number of amides is 2. The lowest BCUT2D eigenvalue weighted by molar-refractivity contribution is -0.120. The fourth-order valence-electron chi connectivity index (χ4n) is 2.47. The number of hydrogen-bond donors (Lipinski definition) is 2. The Morgan fingerprint density at radius 3 is 2.08 bits per heavy atom. The van der Waals surface area contributed by atoms with E-state index < -0.39 is 11.9 Å². The monoisotopic (exact) mass is 319 g/mol. The van der Waals surface area contributed by atoms with Gasteiger partial charge in [-0.2, -0.15) is 0 Å². The Morgan fingerprint density at radius 1 is 0.875 bits per heavy atom. The number of rotatable bonds is 5. The zero-order valence-corrected chi connectivity index (χ0v) is 12.9. The van der Waals surface area contributed by atoms with E-state index in [1.54, 1.807) is 36.4 Å². The molecule has 3 N–H and O–H groups in total. The van der Waals surface area contributed by atoms with E-state index in [0.29, 0.717) is 11.1 Å². The van der Waals surface area contributed by atoms with Gasteiger partial charge in [-0.1, -0.05) is 30.3 Å². The fraction of sp³-hybridized carbons (Fsp3) is 0.0526. The van der Waals surface area contributed by atoms with Gasteiger partial charge in [-0.15, -0.1) is 0 Å². The lowest BCUT2D eigenvalue weighted by Gasteiger charge is -2.16. The van der Waals surface area contributed by atoms with Crippen LogP contribution in [0, 0.1) is 0 Å². The van der Waals surface area contributed by atoms with Crippen molar-refractivity contribution in [3.63, 3.8) is 0 Å². The van der Waals surface area contributed by atoms with Gasteiger partial charge in [-0.05, 0) is 42.0 Å². The van der Waals surface area contributed by atoms with E-state index in [-0.39, 0.29) is 5.91 Å². The van der Waals surface area contributed by atoms with Gasteiger partial charge in [-0.3, -0.25) is 9.59 Å². The van der Waals surface area contributed by atoms with Crippen LogP contribution < -0.4 is 11.1 Å². The van der Waals surface area contributed by atoms with Gasteiger partial charge in [0.05, 0.1) is 0 Å². The number of benzene rings is 2. The lowest BCUT2D eigenvalue weighted by Crippen LogP contribution is -2.37. The van der Waals surface area contributed by atoms with Crippen molar-refractivity contribution in [2.24, 2.45) is 5.73 Å². The van der Waals surface area contributed by atoms with Gasteiger partial charge in [0, 0.05) is 23.6 Å². The molecule has 1 unspecified atom stereocenters. The highest BCUT2D eigenvalue weighted by molar-refractivity contribution is 5.97. The Kier molecular flexibility index (Phi) is 4.43. The highest BCUT2D eigenvalue weighted by Gasteiger charge is 2.20. The number of nitrogens with one attached hydrogen (secondary N) is 1. The predicted molar refractivity (Wildman–Crippen MR) is 91.6 cm³/mol. The number of hydrogen-bond acceptors (Lipinski definition) is 2. The summed E-state index contributed by atoms with van der Waals surface area (Å²) >= 11 is 0. The van der Waals surface area contributed by atoms with Crippen molar-refractivity contribution in [1.82, 2.24) is 9.88 Å². The molecule has 0 bridgehead atoms. The predicted octanol–water partition coefficient (Wildman–Crippen LogP) is 2.43. The van der Waals surface area contributed by atoms with E-state index in [2.05, 4.69) is 5.32 Å². The second-order valence-corrected chi connectivity index (χ2v) is 5.36. The first-order valence-electron chi connectivity index (χ1n) is 7.54. The first-order chi connectivity index (χ1) is 11.6. The third kappa shape index (κ3) is 3.35. The van der Waals surface area contributed by atoms with Gasteiger partial charge in [0.15, 0.2) is 0 Å². The third-order valence-electron chi connectivity index (χ3n) is 3.72. The summed E-state index contributed by atoms with van der Waals surface area (Å²) in [5, 5.41) is 2.68. The Hall–Kier alpha value is -3.34. The highest BCUT2D eigenvalue weighted by Crippen LogP contribution is 2.14. The minimum Gasteiger partial charge on any atom is -0.368 e. The number of nitrogens with zero attached hydrogens (tertiary/aromatic N) is 1. The van der Waals surface area contributed by atoms with Crippen LogP contribution in [0.5, 0.6) is 0 Å². The molecule has 5 heteroatoms. The van der Waals surface area contributed by atoms with Gasteiger partial charge in [-0.25, -0.2) is 0 Å². The summed E-state index contributed by atoms with van der Waals surface area (Å²) < 4.78 is 1.94. The molecule has 1 atom stereocenters. The number of carbonyl (C=O) groups excluding carboxylic acids is 2. The van der Waals surface area contributed by atoms with Crippen molar-refractivity contribution in [1.29, 1.82) is 0 Å². The molecule has 0 aliphatic heterocycles. The molecule has 0 fully saturated rings. The van der Waals surface area contributed by atoms with Crippen molar-refractivity contribution in [2.45, 2.75) is 6.04 Å². The molecule has 0 aliphatic rings. The second-order valence-electron chi connectivity index (χ2n) is 5.36. The normalized spacial score (nSPS) is 11.7. The van der Waals surface area contributed by atoms with Gasteiger partial charge in [0.2, 0.25) is 5.91 Å². The van der Waals surface area contributed by atoms with Crippen LogP contribution in [0.4, 0.5) is 0 Å². The van der Waals surface area contributed by atoms with Crippen LogP contribution in [0.2, 0.25) is 0 Å². The molecule has 0 radical (unpaired) electrons. The smallest absolute Gasteiger partial charge is 0.252 e. The topological polar surface area (TPSA) is 77.1 Å². The Balaban J connectivity index is 1.77. The van der Waals surface area contributed by atoms with Gasteiger partial charge >= 0.3 is 0 Å². The molecule has 2 aromatic carbocycles. The van der Waals surface area contributed by atoms with E-state index in [0.717, 1.165) is 5.69 Å². The highest BCUT2D eigenvalue weighted by atomic mass is 16.2. The minimum absolute atomic E-state index is 0.346. The summed E-state index contributed by atoms with van der Waals surface area (Å²) in [7, 11) is 0. The molecule has 0 saturated carbocycles. The zero-order valence-electron chi connectivity index (χ0n) is 12.9. The molecule has 1 aromatic heterocycles. The van der Waals surface area contributed by atoms with E-state index in [4.69, 9.17) is 5.73 Å². The van der Waals surface area contributed by atoms with Crippen molar-refractivity contribution in [3.05, 3.63) is 90.3 Å². The summed E-state index contributed by atoms with van der Waals surface area (Å²) in [6, 6.07) is 19.1. The van der Waals surface area contributed by atoms with Crippen LogP contribution in [0.25, 0.3) is 5.69 Å². The molecule has 0 aliphatic carbocycles. The number of carbonyl (C=O) groups is 2. The molecule has 2 amide bonds. The van der Waals surface area contributed by atoms with E-state index in [1.165, 1.54) is 0 Å². The van der Waals surface area contributed by atoms with Gasteiger partial charge in [0.1, 0.15) is 6.04 Å². The van der Waals surface area contributed by atoms with Crippen LogP contribution in [0.1, 0.15) is 22.0 Å². The number of aromatic nitrogens is 1. The minimum atomic E-state index is -0.858. The van der Waals surface area contributed by atoms with Crippen LogP contribution in [0.3, 0.4) is 0 Å². The Morgan fingerprint density at radius 2 is 1.50 bits per heavy atom. The quantitative estimate of drug-likeness (QED) is 0.758. The standard InChI is InChI=1S/C19H17N3O2/c20-18(23)17(14-6-2-1-3-7-14)21-19(24)15-8-10-16(11-9-15)22-12-4-5-13-22/h1-13,17H,(H2,20,23)(H,21,24). The molecule has 1 heterocycles. The van der Waals surface area contributed by atoms with Gasteiger partial charge < -0.3 is 15.6 Å². The van der Waals surface area contributed by atoms with E-state index in [9.17, 15) is 9.59 Å². The van der Waals surface area contributed by atoms with E-state index in [1.807, 2.05) is 47.3 Å². The third-order valence-corrected chi connectivity index (χ3v) is 3.72. The average molecular weight is 319 g/mol. The van der Waals surface area contributed by atoms with Crippen molar-refractivity contribution in [2.75, 3.05) is 0 Å². The molecule has 0 spiro atoms. The fourth-order valence-corrected chi connectivity index (χ4v) is 2.47. The van der Waals surface area contributed by atoms with Crippen LogP contribution in [0.15, 0.2) is 79.1 Å². The second kappa shape index (κ2) is 6.83. The summed E-state index contributed by atoms with van der Waals surface area (Å²) in [5.74, 6) is -0.944. The average Bonchev–Trinajstić information content (AvgIpc) is 3.15. The van der Waals surface area contributed by atoms with Crippen molar-refractivity contribution >= 4 is 11.8 Å². The largest absolute Gasteiger partial charge is 0.368 e. The first kappa shape index (κ1) is 15.6. The Labute approximate surface area is 139 Å². The Bertz CT molecular complexity index is 825. The molecule has 5 nitrogen and oxygen atoms in total. The SMILES string of the molecule is NC(=O)C(NC(=O)c1ccc(-n2cccc2)cc1)c1ccccc1. The van der Waals surface area contributed by atoms with Crippen molar-refractivity contribution in [3.8, 4) is 5.69 Å². The number of primary amides is 1. The summed E-state index contributed by atoms with van der Waals surface area (Å²) in [4.78, 5) is 24.1. The molecule has 0 saturated heterocycles. The summed E-state index contributed by atoms with van der Waals surface area (Å²) in [5.41, 5.74) is 7.50. The number of nitrogens with two attached hydrogens (primary N) is 1. The van der Waals surface area contributed by atoms with Crippen LogP contribution in [-0.4, -0.2) is 16.4 Å². The maximum atomic E-state index is 12.4. The summed E-state index contributed by atoms with van der Waals surface area (Å²) in [6.07, 6.45) is 3.85. The molecule has 120 valence electrons. The lowest BCUT2D eigenvalue weighted by atomic mass is 10.1. The summed E-state index contributed by atoms with van der Waals surface area (Å²) in [6.45, 7) is 0. The van der Waals surface area contributed by atoms with Gasteiger partial charge in [0.25, 0.3) is 5.91 Å². The molecule has 3 rings (SSSR count). The van der Waals surface area contributed by atoms with E-state index >= 15 is 0 Å². The zero-order chi connectivity index (χ0) is 16.9. The molecule has 24 heavy (non-hydrogen) atoms. The first-order valence-corrected chi connectivity index (χ1v) is 7.54. The van der Waals surface area contributed by atoms with Crippen LogP contribution in [-0.2, 0) is 4.79 Å².